The van der Waals surface area contributed by atoms with Gasteiger partial charge in [-0.25, -0.2) is 4.79 Å². The van der Waals surface area contributed by atoms with Crippen LogP contribution in [0.1, 0.15) is 43.5 Å². The summed E-state index contributed by atoms with van der Waals surface area (Å²) >= 11 is 0. The van der Waals surface area contributed by atoms with Crippen molar-refractivity contribution in [3.05, 3.63) is 29.8 Å². The molecule has 1 fully saturated rings. The zero-order valence-corrected chi connectivity index (χ0v) is 12.5. The van der Waals surface area contributed by atoms with Gasteiger partial charge >= 0.3 is 5.97 Å². The molecule has 1 atom stereocenters. The van der Waals surface area contributed by atoms with Crippen LogP contribution in [0.4, 0.5) is 5.69 Å². The van der Waals surface area contributed by atoms with Crippen molar-refractivity contribution in [2.24, 2.45) is 0 Å². The zero-order valence-electron chi connectivity index (χ0n) is 12.5. The van der Waals surface area contributed by atoms with Gasteiger partial charge in [0.25, 0.3) is 0 Å². The lowest BCUT2D eigenvalue weighted by Crippen LogP contribution is -2.27. The van der Waals surface area contributed by atoms with Crippen LogP contribution < -0.4 is 10.6 Å². The van der Waals surface area contributed by atoms with Gasteiger partial charge in [0.05, 0.1) is 11.7 Å². The highest BCUT2D eigenvalue weighted by atomic mass is 16.5. The van der Waals surface area contributed by atoms with E-state index >= 15 is 0 Å². The molecule has 21 heavy (non-hydrogen) atoms. The number of carbonyl (C=O) groups is 2. The molecule has 5 nitrogen and oxygen atoms in total. The Balaban J connectivity index is 1.86. The first kappa shape index (κ1) is 15.5. The largest absolute Gasteiger partial charge is 0.459 e. The van der Waals surface area contributed by atoms with E-state index in [-0.39, 0.29) is 24.0 Å². The molecule has 1 aromatic rings. The SMILES string of the molecule is CC(C)OC(=O)c1ccc(NC(=O)CC2CCCN2)cc1. The molecular weight excluding hydrogens is 268 g/mol. The average molecular weight is 290 g/mol. The number of nitrogens with one attached hydrogen (secondary N) is 2. The van der Waals surface area contributed by atoms with Gasteiger partial charge in [-0.3, -0.25) is 4.79 Å². The standard InChI is InChI=1S/C16H22N2O3/c1-11(2)21-16(20)12-5-7-13(8-6-12)18-15(19)10-14-4-3-9-17-14/h5-8,11,14,17H,3-4,9-10H2,1-2H3,(H,18,19). The fourth-order valence-electron chi connectivity index (χ4n) is 2.34. The number of benzene rings is 1. The Morgan fingerprint density at radius 2 is 2.05 bits per heavy atom. The van der Waals surface area contributed by atoms with Gasteiger partial charge in [-0.1, -0.05) is 0 Å². The van der Waals surface area contributed by atoms with Crippen molar-refractivity contribution >= 4 is 17.6 Å². The molecule has 2 N–H and O–H groups in total. The van der Waals surface area contributed by atoms with E-state index in [1.54, 1.807) is 24.3 Å². The normalized spacial score (nSPS) is 17.8. The highest BCUT2D eigenvalue weighted by Crippen LogP contribution is 2.14. The Labute approximate surface area is 125 Å². The van der Waals surface area contributed by atoms with Crippen LogP contribution in [-0.2, 0) is 9.53 Å². The van der Waals surface area contributed by atoms with Crippen LogP contribution in [0.25, 0.3) is 0 Å². The Bertz CT molecular complexity index is 491. The maximum absolute atomic E-state index is 11.9. The Morgan fingerprint density at radius 1 is 1.33 bits per heavy atom. The Hall–Kier alpha value is -1.88. The molecule has 2 rings (SSSR count). The lowest BCUT2D eigenvalue weighted by Gasteiger charge is -2.11. The molecule has 1 aromatic carbocycles. The van der Waals surface area contributed by atoms with Gasteiger partial charge in [-0.05, 0) is 57.5 Å². The van der Waals surface area contributed by atoms with Crippen LogP contribution >= 0.6 is 0 Å². The molecule has 0 spiro atoms. The van der Waals surface area contributed by atoms with Crippen molar-refractivity contribution in [3.8, 4) is 0 Å². The van der Waals surface area contributed by atoms with Crippen molar-refractivity contribution in [2.45, 2.75) is 45.3 Å². The first-order valence-electron chi connectivity index (χ1n) is 7.39. The first-order valence-corrected chi connectivity index (χ1v) is 7.39. The Morgan fingerprint density at radius 3 is 2.62 bits per heavy atom. The fraction of sp³-hybridized carbons (Fsp3) is 0.500. The molecule has 1 aliphatic heterocycles. The topological polar surface area (TPSA) is 67.4 Å². The van der Waals surface area contributed by atoms with Gasteiger partial charge in [0.1, 0.15) is 0 Å². The number of hydrogen-bond acceptors (Lipinski definition) is 4. The van der Waals surface area contributed by atoms with E-state index in [2.05, 4.69) is 10.6 Å². The molecule has 0 saturated carbocycles. The van der Waals surface area contributed by atoms with E-state index in [0.717, 1.165) is 19.4 Å². The van der Waals surface area contributed by atoms with Gasteiger partial charge in [0.15, 0.2) is 0 Å². The molecular formula is C16H22N2O3. The van der Waals surface area contributed by atoms with E-state index < -0.39 is 0 Å². The summed E-state index contributed by atoms with van der Waals surface area (Å²) in [6.07, 6.45) is 2.52. The van der Waals surface area contributed by atoms with Gasteiger partial charge in [-0.15, -0.1) is 0 Å². The fourth-order valence-corrected chi connectivity index (χ4v) is 2.34. The van der Waals surface area contributed by atoms with Crippen molar-refractivity contribution in [1.82, 2.24) is 5.32 Å². The minimum absolute atomic E-state index is 0.00749. The van der Waals surface area contributed by atoms with Gasteiger partial charge < -0.3 is 15.4 Å². The molecule has 1 amide bonds. The lowest BCUT2D eigenvalue weighted by molar-refractivity contribution is -0.116. The first-order chi connectivity index (χ1) is 10.0. The predicted molar refractivity (Wildman–Crippen MR) is 81.3 cm³/mol. The molecule has 0 radical (unpaired) electrons. The number of carbonyl (C=O) groups excluding carboxylic acids is 2. The molecule has 114 valence electrons. The monoisotopic (exact) mass is 290 g/mol. The van der Waals surface area contributed by atoms with Gasteiger partial charge in [0.2, 0.25) is 5.91 Å². The second-order valence-electron chi connectivity index (χ2n) is 5.58. The number of rotatable bonds is 5. The third-order valence-electron chi connectivity index (χ3n) is 3.34. The van der Waals surface area contributed by atoms with Crippen LogP contribution in [0.15, 0.2) is 24.3 Å². The summed E-state index contributed by atoms with van der Waals surface area (Å²) in [5, 5.41) is 6.14. The summed E-state index contributed by atoms with van der Waals surface area (Å²) in [5.41, 5.74) is 1.18. The number of amides is 1. The Kier molecular flexibility index (Phi) is 5.33. The van der Waals surface area contributed by atoms with E-state index in [1.807, 2.05) is 13.8 Å². The number of ether oxygens (including phenoxy) is 1. The van der Waals surface area contributed by atoms with Crippen molar-refractivity contribution in [2.75, 3.05) is 11.9 Å². The predicted octanol–water partition coefficient (Wildman–Crippen LogP) is 2.33. The average Bonchev–Trinajstić information content (AvgIpc) is 2.91. The maximum atomic E-state index is 11.9. The second-order valence-corrected chi connectivity index (χ2v) is 5.58. The third-order valence-corrected chi connectivity index (χ3v) is 3.34. The summed E-state index contributed by atoms with van der Waals surface area (Å²) < 4.78 is 5.11. The molecule has 1 saturated heterocycles. The van der Waals surface area contributed by atoms with E-state index in [1.165, 1.54) is 0 Å². The second kappa shape index (κ2) is 7.22. The smallest absolute Gasteiger partial charge is 0.338 e. The van der Waals surface area contributed by atoms with Crippen molar-refractivity contribution in [1.29, 1.82) is 0 Å². The summed E-state index contributed by atoms with van der Waals surface area (Å²) in [7, 11) is 0. The molecule has 0 bridgehead atoms. The number of anilines is 1. The van der Waals surface area contributed by atoms with Crippen LogP contribution in [0, 0.1) is 0 Å². The zero-order chi connectivity index (χ0) is 15.2. The highest BCUT2D eigenvalue weighted by Gasteiger charge is 2.17. The van der Waals surface area contributed by atoms with Gasteiger partial charge in [-0.2, -0.15) is 0 Å². The van der Waals surface area contributed by atoms with Crippen LogP contribution in [0.3, 0.4) is 0 Å². The summed E-state index contributed by atoms with van der Waals surface area (Å²) in [6.45, 7) is 4.61. The van der Waals surface area contributed by atoms with Gasteiger partial charge in [0, 0.05) is 18.2 Å². The van der Waals surface area contributed by atoms with E-state index in [9.17, 15) is 9.59 Å². The minimum Gasteiger partial charge on any atom is -0.459 e. The molecule has 5 heteroatoms. The molecule has 0 aliphatic carbocycles. The lowest BCUT2D eigenvalue weighted by atomic mass is 10.1. The summed E-state index contributed by atoms with van der Waals surface area (Å²) in [6, 6.07) is 7.04. The molecule has 1 aliphatic rings. The molecule has 0 aromatic heterocycles. The van der Waals surface area contributed by atoms with E-state index in [0.29, 0.717) is 17.7 Å². The minimum atomic E-state index is -0.349. The van der Waals surface area contributed by atoms with Crippen molar-refractivity contribution in [3.63, 3.8) is 0 Å². The summed E-state index contributed by atoms with van der Waals surface area (Å²) in [5.74, 6) is -0.357. The van der Waals surface area contributed by atoms with Crippen LogP contribution in [0.5, 0.6) is 0 Å². The van der Waals surface area contributed by atoms with Crippen molar-refractivity contribution < 1.29 is 14.3 Å². The quantitative estimate of drug-likeness (QED) is 0.817. The number of esters is 1. The molecule has 1 heterocycles. The third kappa shape index (κ3) is 4.86. The van der Waals surface area contributed by atoms with E-state index in [4.69, 9.17) is 4.74 Å². The highest BCUT2D eigenvalue weighted by molar-refractivity contribution is 5.93. The van der Waals surface area contributed by atoms with Crippen LogP contribution in [0.2, 0.25) is 0 Å². The maximum Gasteiger partial charge on any atom is 0.338 e. The number of hydrogen-bond donors (Lipinski definition) is 2. The van der Waals surface area contributed by atoms with Crippen LogP contribution in [-0.4, -0.2) is 30.6 Å². The summed E-state index contributed by atoms with van der Waals surface area (Å²) in [4.78, 5) is 23.6. The molecule has 1 unspecified atom stereocenters.